The SMILES string of the molecule is CN1CC[C@@]2(CCC1=O)CN(S(=O)(=O)c1cccc(C#N)c1)CCN2C. The van der Waals surface area contributed by atoms with Crippen LogP contribution in [0.2, 0.25) is 0 Å². The lowest BCUT2D eigenvalue weighted by atomic mass is 9.87. The highest BCUT2D eigenvalue weighted by molar-refractivity contribution is 7.89. The third-order valence-electron chi connectivity index (χ3n) is 5.71. The molecule has 1 spiro atoms. The van der Waals surface area contributed by atoms with Crippen LogP contribution in [-0.2, 0) is 14.8 Å². The van der Waals surface area contributed by atoms with Crippen LogP contribution in [0.5, 0.6) is 0 Å². The molecular formula is C18H24N4O3S. The number of hydrogen-bond acceptors (Lipinski definition) is 5. The van der Waals surface area contributed by atoms with E-state index in [0.717, 1.165) is 6.42 Å². The zero-order valence-corrected chi connectivity index (χ0v) is 16.0. The first-order valence-corrected chi connectivity index (χ1v) is 10.2. The van der Waals surface area contributed by atoms with Crippen LogP contribution in [0.3, 0.4) is 0 Å². The zero-order valence-electron chi connectivity index (χ0n) is 15.2. The molecule has 2 heterocycles. The Kier molecular flexibility index (Phi) is 5.06. The highest BCUT2D eigenvalue weighted by Gasteiger charge is 2.44. The molecule has 0 aromatic heterocycles. The Bertz CT molecular complexity index is 848. The molecule has 1 aromatic carbocycles. The van der Waals surface area contributed by atoms with E-state index in [4.69, 9.17) is 5.26 Å². The van der Waals surface area contributed by atoms with Crippen LogP contribution in [0.25, 0.3) is 0 Å². The minimum atomic E-state index is -3.68. The van der Waals surface area contributed by atoms with Crippen molar-refractivity contribution in [1.82, 2.24) is 14.1 Å². The Morgan fingerprint density at radius 3 is 2.65 bits per heavy atom. The molecule has 26 heavy (non-hydrogen) atoms. The van der Waals surface area contributed by atoms with Gasteiger partial charge in [-0.3, -0.25) is 9.69 Å². The third-order valence-corrected chi connectivity index (χ3v) is 7.55. The molecule has 2 aliphatic rings. The molecule has 3 rings (SSSR count). The summed E-state index contributed by atoms with van der Waals surface area (Å²) in [5.74, 6) is 0.108. The molecule has 7 nitrogen and oxygen atoms in total. The number of amides is 1. The van der Waals surface area contributed by atoms with Gasteiger partial charge < -0.3 is 4.90 Å². The molecule has 2 saturated heterocycles. The van der Waals surface area contributed by atoms with Gasteiger partial charge in [0.2, 0.25) is 15.9 Å². The summed E-state index contributed by atoms with van der Waals surface area (Å²) in [5.41, 5.74) is -0.00455. The van der Waals surface area contributed by atoms with Crippen molar-refractivity contribution >= 4 is 15.9 Å². The fourth-order valence-corrected chi connectivity index (χ4v) is 5.36. The summed E-state index contributed by atoms with van der Waals surface area (Å²) in [7, 11) is 0.132. The lowest BCUT2D eigenvalue weighted by molar-refractivity contribution is -0.129. The van der Waals surface area contributed by atoms with Crippen LogP contribution in [0.15, 0.2) is 29.2 Å². The Morgan fingerprint density at radius 2 is 1.92 bits per heavy atom. The summed E-state index contributed by atoms with van der Waals surface area (Å²) in [6, 6.07) is 8.13. The standard InChI is InChI=1S/C18H24N4O3S/c1-20-9-8-18(7-6-17(20)23)14-22(11-10-21(18)2)26(24,25)16-5-3-4-15(12-16)13-19/h3-5,12H,6-11,14H2,1-2H3/t18-/m0/s1. The van der Waals surface area contributed by atoms with Crippen molar-refractivity contribution in [3.63, 3.8) is 0 Å². The van der Waals surface area contributed by atoms with E-state index in [-0.39, 0.29) is 16.3 Å². The first-order valence-electron chi connectivity index (χ1n) is 8.74. The molecule has 0 aliphatic carbocycles. The molecule has 0 N–H and O–H groups in total. The number of benzene rings is 1. The number of likely N-dealkylation sites (N-methyl/N-ethyl adjacent to an activating group) is 1. The smallest absolute Gasteiger partial charge is 0.243 e. The summed E-state index contributed by atoms with van der Waals surface area (Å²) in [5, 5.41) is 9.05. The summed E-state index contributed by atoms with van der Waals surface area (Å²) in [4.78, 5) is 16.1. The number of carbonyl (C=O) groups is 1. The number of rotatable bonds is 2. The number of hydrogen-bond donors (Lipinski definition) is 0. The summed E-state index contributed by atoms with van der Waals surface area (Å²) >= 11 is 0. The van der Waals surface area contributed by atoms with E-state index in [2.05, 4.69) is 4.90 Å². The maximum absolute atomic E-state index is 13.1. The van der Waals surface area contributed by atoms with E-state index < -0.39 is 10.0 Å². The molecule has 8 heteroatoms. The van der Waals surface area contributed by atoms with E-state index in [1.807, 2.05) is 13.1 Å². The Hall–Kier alpha value is -1.95. The first-order chi connectivity index (χ1) is 12.3. The van der Waals surface area contributed by atoms with Crippen LogP contribution >= 0.6 is 0 Å². The van der Waals surface area contributed by atoms with Crippen molar-refractivity contribution in [3.8, 4) is 6.07 Å². The molecular weight excluding hydrogens is 352 g/mol. The van der Waals surface area contributed by atoms with Crippen molar-refractivity contribution in [2.75, 3.05) is 40.3 Å². The Morgan fingerprint density at radius 1 is 1.15 bits per heavy atom. The summed E-state index contributed by atoms with van der Waals surface area (Å²) < 4.78 is 27.8. The van der Waals surface area contributed by atoms with E-state index >= 15 is 0 Å². The number of sulfonamides is 1. The average molecular weight is 376 g/mol. The van der Waals surface area contributed by atoms with Crippen molar-refractivity contribution in [2.24, 2.45) is 0 Å². The third kappa shape index (κ3) is 3.34. The van der Waals surface area contributed by atoms with Crippen LogP contribution < -0.4 is 0 Å². The van der Waals surface area contributed by atoms with Crippen molar-refractivity contribution in [3.05, 3.63) is 29.8 Å². The Labute approximate surface area is 154 Å². The topological polar surface area (TPSA) is 84.7 Å². The molecule has 0 unspecified atom stereocenters. The first kappa shape index (κ1) is 18.8. The molecule has 2 aliphatic heterocycles. The molecule has 2 fully saturated rings. The predicted molar refractivity (Wildman–Crippen MR) is 96.8 cm³/mol. The van der Waals surface area contributed by atoms with Crippen LogP contribution in [-0.4, -0.2) is 74.2 Å². The quantitative estimate of drug-likeness (QED) is 0.765. The fraction of sp³-hybridized carbons (Fsp3) is 0.556. The lowest BCUT2D eigenvalue weighted by Gasteiger charge is -2.48. The number of nitrogens with zero attached hydrogens (tertiary/aromatic N) is 4. The highest BCUT2D eigenvalue weighted by Crippen LogP contribution is 2.34. The number of likely N-dealkylation sites (tertiary alicyclic amines) is 1. The van der Waals surface area contributed by atoms with E-state index in [9.17, 15) is 13.2 Å². The van der Waals surface area contributed by atoms with Gasteiger partial charge in [-0.2, -0.15) is 9.57 Å². The van der Waals surface area contributed by atoms with Gasteiger partial charge >= 0.3 is 0 Å². The van der Waals surface area contributed by atoms with Gasteiger partial charge in [0.15, 0.2) is 0 Å². The number of piperazine rings is 1. The van der Waals surface area contributed by atoms with Crippen LogP contribution in [0.1, 0.15) is 24.8 Å². The number of carbonyl (C=O) groups excluding carboxylic acids is 1. The lowest BCUT2D eigenvalue weighted by Crippen LogP contribution is -2.62. The van der Waals surface area contributed by atoms with Gasteiger partial charge in [0.05, 0.1) is 16.5 Å². The second-order valence-corrected chi connectivity index (χ2v) is 9.13. The molecule has 0 radical (unpaired) electrons. The molecule has 1 aromatic rings. The normalized spacial score (nSPS) is 25.9. The van der Waals surface area contributed by atoms with Gasteiger partial charge in [-0.05, 0) is 38.1 Å². The molecule has 0 saturated carbocycles. The monoisotopic (exact) mass is 376 g/mol. The zero-order chi connectivity index (χ0) is 18.9. The largest absolute Gasteiger partial charge is 0.346 e. The maximum Gasteiger partial charge on any atom is 0.243 e. The Balaban J connectivity index is 1.89. The summed E-state index contributed by atoms with van der Waals surface area (Å²) in [6.45, 7) is 2.01. The predicted octanol–water partition coefficient (Wildman–Crippen LogP) is 0.875. The van der Waals surface area contributed by atoms with Gasteiger partial charge in [-0.1, -0.05) is 6.07 Å². The van der Waals surface area contributed by atoms with E-state index in [1.165, 1.54) is 16.4 Å². The summed E-state index contributed by atoms with van der Waals surface area (Å²) in [6.07, 6.45) is 1.82. The second kappa shape index (κ2) is 6.99. The number of nitriles is 1. The van der Waals surface area contributed by atoms with Gasteiger partial charge in [-0.15, -0.1) is 0 Å². The molecule has 1 atom stereocenters. The van der Waals surface area contributed by atoms with Crippen LogP contribution in [0, 0.1) is 11.3 Å². The molecule has 0 bridgehead atoms. The molecule has 1 amide bonds. The van der Waals surface area contributed by atoms with Crippen LogP contribution in [0.4, 0.5) is 0 Å². The van der Waals surface area contributed by atoms with Gasteiger partial charge in [0, 0.05) is 45.2 Å². The average Bonchev–Trinajstić information content (AvgIpc) is 2.78. The van der Waals surface area contributed by atoms with Crippen molar-refractivity contribution in [1.29, 1.82) is 5.26 Å². The minimum Gasteiger partial charge on any atom is -0.346 e. The van der Waals surface area contributed by atoms with Gasteiger partial charge in [-0.25, -0.2) is 8.42 Å². The molecule has 140 valence electrons. The van der Waals surface area contributed by atoms with Crippen molar-refractivity contribution < 1.29 is 13.2 Å². The maximum atomic E-state index is 13.1. The van der Waals surface area contributed by atoms with Gasteiger partial charge in [0.1, 0.15) is 0 Å². The minimum absolute atomic E-state index is 0.108. The fourth-order valence-electron chi connectivity index (χ4n) is 3.80. The highest BCUT2D eigenvalue weighted by atomic mass is 32.2. The second-order valence-electron chi connectivity index (χ2n) is 7.19. The van der Waals surface area contributed by atoms with Gasteiger partial charge in [0.25, 0.3) is 0 Å². The van der Waals surface area contributed by atoms with Crippen molar-refractivity contribution in [2.45, 2.75) is 29.7 Å². The van der Waals surface area contributed by atoms with E-state index in [0.29, 0.717) is 44.6 Å². The van der Waals surface area contributed by atoms with E-state index in [1.54, 1.807) is 24.1 Å².